The number of aliphatic hydroxyl groups is 5. The molecule has 0 spiro atoms. The minimum Gasteiger partial charge on any atom is -0.504 e. The van der Waals surface area contributed by atoms with Gasteiger partial charge in [-0.25, -0.2) is 9.59 Å². The highest BCUT2D eigenvalue weighted by Gasteiger charge is 2.51. The Hall–Kier alpha value is -4.00. The highest BCUT2D eigenvalue weighted by atomic mass is 16.7. The molecule has 0 amide bonds. The van der Waals surface area contributed by atoms with Crippen LogP contribution < -0.4 is 19.8 Å². The van der Waals surface area contributed by atoms with E-state index >= 15 is 0 Å². The fourth-order valence-electron chi connectivity index (χ4n) is 4.79. The summed E-state index contributed by atoms with van der Waals surface area (Å²) in [6.07, 6.45) is -11.2. The molecule has 2 fully saturated rings. The summed E-state index contributed by atoms with van der Waals surface area (Å²) >= 11 is 0. The fraction of sp³-hybridized carbons (Fsp3) is 0.448. The van der Waals surface area contributed by atoms with Crippen molar-refractivity contribution in [2.75, 3.05) is 34.0 Å². The first-order chi connectivity index (χ1) is 21.4. The molecule has 244 valence electrons. The molecule has 6 N–H and O–H groups in total. The van der Waals surface area contributed by atoms with Crippen LogP contribution in [0.1, 0.15) is 10.4 Å². The van der Waals surface area contributed by atoms with Crippen LogP contribution in [0.25, 0.3) is 11.0 Å². The molecule has 3 heterocycles. The molecule has 1 aromatic heterocycles. The second-order valence-electron chi connectivity index (χ2n) is 10.5. The van der Waals surface area contributed by atoms with Gasteiger partial charge in [-0.1, -0.05) is 0 Å². The van der Waals surface area contributed by atoms with E-state index in [9.17, 15) is 40.2 Å². The van der Waals surface area contributed by atoms with E-state index in [2.05, 4.69) is 0 Å². The average molecular weight is 637 g/mol. The summed E-state index contributed by atoms with van der Waals surface area (Å²) in [5.74, 6) is -0.856. The van der Waals surface area contributed by atoms with E-state index in [1.165, 1.54) is 56.7 Å². The molecule has 45 heavy (non-hydrogen) atoms. The molecule has 16 heteroatoms. The smallest absolute Gasteiger partial charge is 0.338 e. The molecule has 0 radical (unpaired) electrons. The Morgan fingerprint density at radius 2 is 1.69 bits per heavy atom. The SMILES string of the molecule is COc1cc(C(=O)OC[C@]2(O)CO[C@@H](OC[C@H]3O[C@@H](Oc4cc5oc(=O)ccc5cc4OC)[C@H](O)[C@@H](O)[C@@H]3O)[C@@H]2O)ccc1O. The number of benzene rings is 2. The van der Waals surface area contributed by atoms with Gasteiger partial charge in [-0.05, 0) is 30.3 Å². The predicted octanol–water partition coefficient (Wildman–Crippen LogP) is -0.976. The number of hydrogen-bond donors (Lipinski definition) is 6. The van der Waals surface area contributed by atoms with Gasteiger partial charge in [-0.2, -0.15) is 0 Å². The third kappa shape index (κ3) is 6.68. The standard InChI is InChI=1S/C29H32O16/c1-38-17-8-14(3-5-15(17)30)26(36)41-11-29(37)12-42-28(25(29)35)40-10-20-22(32)23(33)24(34)27(45-20)44-19-9-16-13(7-18(19)39-2)4-6-21(31)43-16/h3-9,20,22-25,27-28,30,32-35,37H,10-12H2,1-2H3/t20-,22-,23+,24-,25+,27-,28-,29+/m1/s1. The van der Waals surface area contributed by atoms with Crippen LogP contribution in [0.3, 0.4) is 0 Å². The maximum absolute atomic E-state index is 12.5. The molecule has 0 unspecified atom stereocenters. The van der Waals surface area contributed by atoms with Crippen molar-refractivity contribution in [3.63, 3.8) is 0 Å². The summed E-state index contributed by atoms with van der Waals surface area (Å²) in [7, 11) is 2.66. The number of carbonyl (C=O) groups is 1. The molecule has 5 rings (SSSR count). The molecule has 0 aliphatic carbocycles. The molecule has 2 saturated heterocycles. The minimum atomic E-state index is -2.07. The Bertz CT molecular complexity index is 1570. The summed E-state index contributed by atoms with van der Waals surface area (Å²) in [4.78, 5) is 24.1. The Balaban J connectivity index is 1.21. The van der Waals surface area contributed by atoms with E-state index in [-0.39, 0.29) is 34.1 Å². The number of aromatic hydroxyl groups is 1. The maximum atomic E-state index is 12.5. The fourth-order valence-corrected chi connectivity index (χ4v) is 4.79. The van der Waals surface area contributed by atoms with Crippen LogP contribution in [-0.4, -0.2) is 119 Å². The van der Waals surface area contributed by atoms with Crippen molar-refractivity contribution < 1.29 is 73.0 Å². The van der Waals surface area contributed by atoms with Crippen molar-refractivity contribution in [1.29, 1.82) is 0 Å². The third-order valence-electron chi connectivity index (χ3n) is 7.42. The number of phenols is 1. The number of ether oxygens (including phenoxy) is 7. The lowest BCUT2D eigenvalue weighted by molar-refractivity contribution is -0.289. The van der Waals surface area contributed by atoms with Crippen molar-refractivity contribution >= 4 is 16.9 Å². The first-order valence-corrected chi connectivity index (χ1v) is 13.6. The summed E-state index contributed by atoms with van der Waals surface area (Å²) in [6.45, 7) is -1.70. The molecule has 8 atom stereocenters. The number of phenolic OH excluding ortho intramolecular Hbond substituents is 1. The van der Waals surface area contributed by atoms with Crippen LogP contribution >= 0.6 is 0 Å². The lowest BCUT2D eigenvalue weighted by Gasteiger charge is -2.40. The number of aliphatic hydroxyl groups excluding tert-OH is 4. The highest BCUT2D eigenvalue weighted by Crippen LogP contribution is 2.35. The van der Waals surface area contributed by atoms with E-state index < -0.39 is 80.1 Å². The van der Waals surface area contributed by atoms with Gasteiger partial charge in [-0.15, -0.1) is 0 Å². The Kier molecular flexibility index (Phi) is 9.47. The average Bonchev–Trinajstić information content (AvgIpc) is 3.32. The lowest BCUT2D eigenvalue weighted by Crippen LogP contribution is -2.60. The van der Waals surface area contributed by atoms with E-state index in [1.807, 2.05) is 0 Å². The number of methoxy groups -OCH3 is 2. The van der Waals surface area contributed by atoms with Crippen LogP contribution in [0.15, 0.2) is 51.7 Å². The summed E-state index contributed by atoms with van der Waals surface area (Å²) in [5, 5.41) is 63.4. The predicted molar refractivity (Wildman–Crippen MR) is 148 cm³/mol. The summed E-state index contributed by atoms with van der Waals surface area (Å²) in [5.41, 5.74) is -2.52. The highest BCUT2D eigenvalue weighted by molar-refractivity contribution is 5.90. The Morgan fingerprint density at radius 3 is 2.42 bits per heavy atom. The second-order valence-corrected chi connectivity index (χ2v) is 10.5. The zero-order valence-corrected chi connectivity index (χ0v) is 24.0. The van der Waals surface area contributed by atoms with Gasteiger partial charge in [0.2, 0.25) is 6.29 Å². The molecular formula is C29H32O16. The first kappa shape index (κ1) is 32.4. The monoisotopic (exact) mass is 636 g/mol. The van der Waals surface area contributed by atoms with Crippen LogP contribution in [0, 0.1) is 0 Å². The van der Waals surface area contributed by atoms with E-state index in [0.29, 0.717) is 5.39 Å². The van der Waals surface area contributed by atoms with Gasteiger partial charge in [0.25, 0.3) is 0 Å². The molecule has 16 nitrogen and oxygen atoms in total. The second kappa shape index (κ2) is 13.2. The molecule has 2 aromatic carbocycles. The van der Waals surface area contributed by atoms with E-state index in [4.69, 9.17) is 37.6 Å². The number of esters is 1. The van der Waals surface area contributed by atoms with Crippen LogP contribution in [0.2, 0.25) is 0 Å². The van der Waals surface area contributed by atoms with Gasteiger partial charge < -0.3 is 68.2 Å². The molecule has 2 aliphatic heterocycles. The molecule has 0 saturated carbocycles. The minimum absolute atomic E-state index is 0.00781. The topological polar surface area (TPSA) is 233 Å². The maximum Gasteiger partial charge on any atom is 0.338 e. The van der Waals surface area contributed by atoms with Gasteiger partial charge in [0.05, 0.1) is 33.0 Å². The van der Waals surface area contributed by atoms with Gasteiger partial charge >= 0.3 is 11.6 Å². The van der Waals surface area contributed by atoms with Crippen molar-refractivity contribution in [2.45, 2.75) is 48.7 Å². The number of carbonyl (C=O) groups excluding carboxylic acids is 1. The van der Waals surface area contributed by atoms with Crippen molar-refractivity contribution in [2.24, 2.45) is 0 Å². The van der Waals surface area contributed by atoms with Gasteiger partial charge in [0.15, 0.2) is 34.9 Å². The normalized spacial score (nSPS) is 29.8. The zero-order valence-electron chi connectivity index (χ0n) is 24.0. The van der Waals surface area contributed by atoms with Crippen molar-refractivity contribution in [3.05, 3.63) is 58.4 Å². The first-order valence-electron chi connectivity index (χ1n) is 13.6. The summed E-state index contributed by atoms with van der Waals surface area (Å²) < 4.78 is 42.9. The number of hydrogen-bond acceptors (Lipinski definition) is 16. The molecule has 3 aromatic rings. The lowest BCUT2D eigenvalue weighted by atomic mass is 9.99. The molecule has 0 bridgehead atoms. The van der Waals surface area contributed by atoms with Gasteiger partial charge in [0, 0.05) is 17.5 Å². The quantitative estimate of drug-likeness (QED) is 0.116. The molecule has 2 aliphatic rings. The number of rotatable bonds is 10. The van der Waals surface area contributed by atoms with E-state index in [0.717, 1.165) is 0 Å². The van der Waals surface area contributed by atoms with Gasteiger partial charge in [0.1, 0.15) is 42.7 Å². The van der Waals surface area contributed by atoms with E-state index in [1.54, 1.807) is 0 Å². The summed E-state index contributed by atoms with van der Waals surface area (Å²) in [6, 6.07) is 9.35. The zero-order chi connectivity index (χ0) is 32.5. The molecular weight excluding hydrogens is 604 g/mol. The van der Waals surface area contributed by atoms with Crippen LogP contribution in [-0.2, 0) is 18.9 Å². The van der Waals surface area contributed by atoms with Gasteiger partial charge in [-0.3, -0.25) is 0 Å². The largest absolute Gasteiger partial charge is 0.504 e. The third-order valence-corrected chi connectivity index (χ3v) is 7.42. The Labute approximate surface area is 254 Å². The van der Waals surface area contributed by atoms with Crippen LogP contribution in [0.5, 0.6) is 23.0 Å². The van der Waals surface area contributed by atoms with Crippen molar-refractivity contribution in [3.8, 4) is 23.0 Å². The van der Waals surface area contributed by atoms with Crippen LogP contribution in [0.4, 0.5) is 0 Å². The number of fused-ring (bicyclic) bond motifs is 1. The Morgan fingerprint density at radius 1 is 0.933 bits per heavy atom. The van der Waals surface area contributed by atoms with Crippen molar-refractivity contribution in [1.82, 2.24) is 0 Å².